The largest absolute Gasteiger partial charge is 0.491 e. The third kappa shape index (κ3) is 4.01. The van der Waals surface area contributed by atoms with Crippen LogP contribution in [0, 0.1) is 0 Å². The molecule has 0 radical (unpaired) electrons. The molecule has 0 atom stereocenters. The van der Waals surface area contributed by atoms with Crippen LogP contribution in [-0.4, -0.2) is 37.9 Å². The lowest BCUT2D eigenvalue weighted by Crippen LogP contribution is -2.34. The first kappa shape index (κ1) is 15.1. The van der Waals surface area contributed by atoms with Gasteiger partial charge in [0.05, 0.1) is 26.1 Å². The highest BCUT2D eigenvalue weighted by Gasteiger charge is 2.21. The second-order valence-corrected chi connectivity index (χ2v) is 4.94. The van der Waals surface area contributed by atoms with E-state index in [0.29, 0.717) is 17.3 Å². The van der Waals surface area contributed by atoms with Crippen molar-refractivity contribution >= 4 is 11.8 Å². The first-order valence-corrected chi connectivity index (χ1v) is 5.83. The van der Waals surface area contributed by atoms with Crippen molar-refractivity contribution in [3.05, 3.63) is 12.3 Å². The molecule has 0 spiro atoms. The molecule has 1 heterocycles. The normalized spacial score (nSPS) is 10.8. The molecule has 0 N–H and O–H groups in total. The fraction of sp³-hybridized carbons (Fsp3) is 0.538. The van der Waals surface area contributed by atoms with Crippen LogP contribution in [0.3, 0.4) is 0 Å². The zero-order valence-corrected chi connectivity index (χ0v) is 12.2. The zero-order valence-electron chi connectivity index (χ0n) is 12.2. The summed E-state index contributed by atoms with van der Waals surface area (Å²) in [5, 5.41) is 0. The highest BCUT2D eigenvalue weighted by atomic mass is 16.6. The van der Waals surface area contributed by atoms with Crippen LogP contribution in [0.1, 0.15) is 20.8 Å². The van der Waals surface area contributed by atoms with Crippen LogP contribution in [0.25, 0.3) is 0 Å². The van der Waals surface area contributed by atoms with Crippen LogP contribution in [0.2, 0.25) is 0 Å². The zero-order chi connectivity index (χ0) is 14.6. The summed E-state index contributed by atoms with van der Waals surface area (Å²) in [6, 6.07) is 1.66. The molecular weight excluding hydrogens is 248 g/mol. The van der Waals surface area contributed by atoms with Crippen LogP contribution in [0.5, 0.6) is 11.6 Å². The van der Waals surface area contributed by atoms with E-state index in [9.17, 15) is 4.79 Å². The average molecular weight is 268 g/mol. The van der Waals surface area contributed by atoms with Gasteiger partial charge in [0, 0.05) is 13.1 Å². The summed E-state index contributed by atoms with van der Waals surface area (Å²) in [6.07, 6.45) is 1.06. The number of anilines is 1. The van der Waals surface area contributed by atoms with Crippen molar-refractivity contribution in [2.24, 2.45) is 0 Å². The number of methoxy groups -OCH3 is 2. The predicted octanol–water partition coefficient (Wildman–Crippen LogP) is 2.47. The van der Waals surface area contributed by atoms with E-state index in [4.69, 9.17) is 14.2 Å². The van der Waals surface area contributed by atoms with E-state index in [2.05, 4.69) is 4.98 Å². The number of rotatable bonds is 3. The molecule has 0 fully saturated rings. The molecule has 0 aliphatic heterocycles. The number of carbonyl (C=O) groups is 1. The van der Waals surface area contributed by atoms with Gasteiger partial charge >= 0.3 is 6.09 Å². The van der Waals surface area contributed by atoms with Crippen LogP contribution in [0.4, 0.5) is 10.5 Å². The second-order valence-electron chi connectivity index (χ2n) is 4.94. The second kappa shape index (κ2) is 5.77. The topological polar surface area (TPSA) is 60.9 Å². The SMILES string of the molecule is COc1cc(N(C)C(=O)OC(C)(C)C)cnc1OC. The molecule has 1 amide bonds. The van der Waals surface area contributed by atoms with Crippen molar-refractivity contribution in [3.8, 4) is 11.6 Å². The van der Waals surface area contributed by atoms with Crippen molar-refractivity contribution in [3.63, 3.8) is 0 Å². The Morgan fingerprint density at radius 1 is 1.26 bits per heavy atom. The molecule has 0 saturated heterocycles. The number of hydrogen-bond donors (Lipinski definition) is 0. The van der Waals surface area contributed by atoms with E-state index < -0.39 is 11.7 Å². The van der Waals surface area contributed by atoms with Gasteiger partial charge < -0.3 is 14.2 Å². The Balaban J connectivity index is 2.94. The Labute approximate surface area is 113 Å². The highest BCUT2D eigenvalue weighted by molar-refractivity contribution is 5.87. The van der Waals surface area contributed by atoms with Crippen molar-refractivity contribution < 1.29 is 19.0 Å². The van der Waals surface area contributed by atoms with Gasteiger partial charge in [0.15, 0.2) is 5.75 Å². The van der Waals surface area contributed by atoms with Crippen LogP contribution >= 0.6 is 0 Å². The average Bonchev–Trinajstić information content (AvgIpc) is 2.34. The molecule has 19 heavy (non-hydrogen) atoms. The number of ether oxygens (including phenoxy) is 3. The molecule has 1 aromatic rings. The highest BCUT2D eigenvalue weighted by Crippen LogP contribution is 2.28. The van der Waals surface area contributed by atoms with Crippen molar-refractivity contribution in [1.29, 1.82) is 0 Å². The Hall–Kier alpha value is -1.98. The van der Waals surface area contributed by atoms with Crippen LogP contribution in [0.15, 0.2) is 12.3 Å². The molecule has 0 unspecified atom stereocenters. The molecule has 1 aromatic heterocycles. The molecule has 0 saturated carbocycles. The molecule has 1 rings (SSSR count). The van der Waals surface area contributed by atoms with Gasteiger partial charge in [-0.15, -0.1) is 0 Å². The van der Waals surface area contributed by atoms with E-state index in [1.54, 1.807) is 13.1 Å². The molecule has 0 bridgehead atoms. The third-order valence-electron chi connectivity index (χ3n) is 2.27. The lowest BCUT2D eigenvalue weighted by Gasteiger charge is -2.24. The quantitative estimate of drug-likeness (QED) is 0.842. The summed E-state index contributed by atoms with van der Waals surface area (Å²) in [4.78, 5) is 17.3. The number of amides is 1. The predicted molar refractivity (Wildman–Crippen MR) is 72.0 cm³/mol. The lowest BCUT2D eigenvalue weighted by atomic mass is 10.2. The van der Waals surface area contributed by atoms with Gasteiger partial charge in [-0.05, 0) is 20.8 Å². The Kier molecular flexibility index (Phi) is 4.58. The Morgan fingerprint density at radius 3 is 2.37 bits per heavy atom. The van der Waals surface area contributed by atoms with E-state index in [1.807, 2.05) is 20.8 Å². The molecule has 0 aromatic carbocycles. The van der Waals surface area contributed by atoms with Crippen LogP contribution in [-0.2, 0) is 4.74 Å². The first-order valence-electron chi connectivity index (χ1n) is 5.83. The summed E-state index contributed by atoms with van der Waals surface area (Å²) in [7, 11) is 4.62. The van der Waals surface area contributed by atoms with Gasteiger partial charge in [-0.2, -0.15) is 0 Å². The van der Waals surface area contributed by atoms with Crippen molar-refractivity contribution in [2.75, 3.05) is 26.2 Å². The van der Waals surface area contributed by atoms with Crippen molar-refractivity contribution in [1.82, 2.24) is 4.98 Å². The summed E-state index contributed by atoms with van der Waals surface area (Å²) < 4.78 is 15.5. The summed E-state index contributed by atoms with van der Waals surface area (Å²) in [6.45, 7) is 5.43. The van der Waals surface area contributed by atoms with E-state index in [0.717, 1.165) is 0 Å². The summed E-state index contributed by atoms with van der Waals surface area (Å²) in [5.74, 6) is 0.819. The number of nitrogens with zero attached hydrogens (tertiary/aromatic N) is 2. The maximum Gasteiger partial charge on any atom is 0.414 e. The smallest absolute Gasteiger partial charge is 0.414 e. The molecule has 6 nitrogen and oxygen atoms in total. The molecule has 0 aliphatic rings. The number of carbonyl (C=O) groups excluding carboxylic acids is 1. The van der Waals surface area contributed by atoms with Gasteiger partial charge in [-0.1, -0.05) is 0 Å². The van der Waals surface area contributed by atoms with Gasteiger partial charge in [0.2, 0.25) is 0 Å². The molecule has 0 aliphatic carbocycles. The van der Waals surface area contributed by atoms with Gasteiger partial charge in [-0.25, -0.2) is 9.78 Å². The fourth-order valence-electron chi connectivity index (χ4n) is 1.34. The lowest BCUT2D eigenvalue weighted by molar-refractivity contribution is 0.0589. The van der Waals surface area contributed by atoms with E-state index >= 15 is 0 Å². The summed E-state index contributed by atoms with van der Waals surface area (Å²) >= 11 is 0. The number of hydrogen-bond acceptors (Lipinski definition) is 5. The summed E-state index contributed by atoms with van der Waals surface area (Å²) in [5.41, 5.74) is 0.0156. The molecule has 6 heteroatoms. The monoisotopic (exact) mass is 268 g/mol. The Morgan fingerprint density at radius 2 is 1.89 bits per heavy atom. The molecule has 106 valence electrons. The maximum absolute atomic E-state index is 11.9. The minimum Gasteiger partial charge on any atom is -0.491 e. The third-order valence-corrected chi connectivity index (χ3v) is 2.27. The standard InChI is InChI=1S/C13H20N2O4/c1-13(2,3)19-12(16)15(4)9-7-10(17-5)11(18-6)14-8-9/h7-8H,1-6H3. The number of pyridine rings is 1. The van der Waals surface area contributed by atoms with Crippen molar-refractivity contribution in [2.45, 2.75) is 26.4 Å². The van der Waals surface area contributed by atoms with Gasteiger partial charge in [0.25, 0.3) is 5.88 Å². The van der Waals surface area contributed by atoms with Gasteiger partial charge in [0.1, 0.15) is 5.60 Å². The minimum atomic E-state index is -0.546. The fourth-order valence-corrected chi connectivity index (χ4v) is 1.34. The minimum absolute atomic E-state index is 0.365. The van der Waals surface area contributed by atoms with Gasteiger partial charge in [-0.3, -0.25) is 4.90 Å². The van der Waals surface area contributed by atoms with E-state index in [-0.39, 0.29) is 0 Å². The molecular formula is C13H20N2O4. The maximum atomic E-state index is 11.9. The van der Waals surface area contributed by atoms with Crippen LogP contribution < -0.4 is 14.4 Å². The Bertz CT molecular complexity index is 454. The first-order chi connectivity index (χ1) is 8.78. The van der Waals surface area contributed by atoms with E-state index in [1.165, 1.54) is 25.3 Å². The number of aromatic nitrogens is 1.